The fourth-order valence-corrected chi connectivity index (χ4v) is 4.90. The van der Waals surface area contributed by atoms with Gasteiger partial charge < -0.3 is 15.5 Å². The first-order valence-corrected chi connectivity index (χ1v) is 12.9. The van der Waals surface area contributed by atoms with Gasteiger partial charge in [0.15, 0.2) is 5.65 Å². The van der Waals surface area contributed by atoms with Crippen molar-refractivity contribution in [1.29, 1.82) is 0 Å². The van der Waals surface area contributed by atoms with E-state index in [0.29, 0.717) is 28.3 Å². The Labute approximate surface area is 216 Å². The monoisotopic (exact) mass is 502 g/mol. The fraction of sp³-hybridized carbons (Fsp3) is 0.321. The van der Waals surface area contributed by atoms with Gasteiger partial charge in [0.2, 0.25) is 0 Å². The zero-order valence-electron chi connectivity index (χ0n) is 20.6. The molecule has 0 radical (unpaired) electrons. The number of rotatable bonds is 7. The van der Waals surface area contributed by atoms with E-state index in [0.717, 1.165) is 54.9 Å². The van der Waals surface area contributed by atoms with Crippen LogP contribution in [0.5, 0.6) is 0 Å². The Morgan fingerprint density at radius 2 is 1.94 bits per heavy atom. The molecule has 7 nitrogen and oxygen atoms in total. The second kappa shape index (κ2) is 10.7. The quantitative estimate of drug-likeness (QED) is 0.341. The van der Waals surface area contributed by atoms with Gasteiger partial charge in [-0.05, 0) is 56.0 Å². The first kappa shape index (κ1) is 24.3. The molecule has 5 rings (SSSR count). The minimum absolute atomic E-state index is 0.218. The van der Waals surface area contributed by atoms with Crippen LogP contribution < -0.4 is 15.5 Å². The highest BCUT2D eigenvalue weighted by Crippen LogP contribution is 2.29. The Morgan fingerprint density at radius 1 is 1.14 bits per heavy atom. The van der Waals surface area contributed by atoms with Gasteiger partial charge in [-0.15, -0.1) is 0 Å². The lowest BCUT2D eigenvalue weighted by Crippen LogP contribution is -2.45. The maximum atomic E-state index is 13.2. The van der Waals surface area contributed by atoms with Gasteiger partial charge in [0.25, 0.3) is 5.91 Å². The third kappa shape index (κ3) is 5.22. The number of hydrogen-bond donors (Lipinski definition) is 2. The first-order chi connectivity index (χ1) is 17.5. The van der Waals surface area contributed by atoms with E-state index in [1.165, 1.54) is 0 Å². The molecule has 0 bridgehead atoms. The van der Waals surface area contributed by atoms with Crippen LogP contribution in [0.3, 0.4) is 0 Å². The van der Waals surface area contributed by atoms with E-state index in [9.17, 15) is 4.79 Å². The molecule has 186 valence electrons. The second-order valence-corrected chi connectivity index (χ2v) is 9.82. The van der Waals surface area contributed by atoms with Gasteiger partial charge >= 0.3 is 0 Å². The minimum atomic E-state index is -0.218. The number of piperidine rings is 1. The lowest BCUT2D eigenvalue weighted by Gasteiger charge is -2.36. The number of benzene rings is 2. The molecule has 1 unspecified atom stereocenters. The second-order valence-electron chi connectivity index (χ2n) is 9.39. The summed E-state index contributed by atoms with van der Waals surface area (Å²) in [6, 6.07) is 16.6. The van der Waals surface area contributed by atoms with Gasteiger partial charge in [0.1, 0.15) is 0 Å². The highest BCUT2D eigenvalue weighted by molar-refractivity contribution is 6.30. The Balaban J connectivity index is 1.31. The number of fused-ring (bicyclic) bond motifs is 1. The standard InChI is InChI=1S/C28H31ClN6O/c1-3-19(2)32-23-11-13-34(14-12-23)26-10-5-4-9-25(26)33-28(36)21-16-30-27-24(17-31-35(27)18-21)20-7-6-8-22(29)15-20/h4-10,15-19,23,32H,3,11-14H2,1-2H3,(H,33,36). The summed E-state index contributed by atoms with van der Waals surface area (Å²) in [5.74, 6) is -0.218. The number of carbonyl (C=O) groups excluding carboxylic acids is 1. The van der Waals surface area contributed by atoms with E-state index in [1.807, 2.05) is 42.5 Å². The van der Waals surface area contributed by atoms with Crippen molar-refractivity contribution in [2.45, 2.75) is 45.2 Å². The molecule has 2 aromatic heterocycles. The maximum Gasteiger partial charge on any atom is 0.258 e. The number of carbonyl (C=O) groups is 1. The minimum Gasteiger partial charge on any atom is -0.370 e. The smallest absolute Gasteiger partial charge is 0.258 e. The molecular weight excluding hydrogens is 472 g/mol. The zero-order chi connectivity index (χ0) is 25.1. The van der Waals surface area contributed by atoms with Crippen LogP contribution in [0, 0.1) is 0 Å². The van der Waals surface area contributed by atoms with Crippen molar-refractivity contribution < 1.29 is 4.79 Å². The lowest BCUT2D eigenvalue weighted by molar-refractivity contribution is 0.102. The summed E-state index contributed by atoms with van der Waals surface area (Å²) in [5, 5.41) is 11.9. The summed E-state index contributed by atoms with van der Waals surface area (Å²) in [6.07, 6.45) is 8.35. The molecule has 1 amide bonds. The molecule has 1 fully saturated rings. The highest BCUT2D eigenvalue weighted by Gasteiger charge is 2.22. The largest absolute Gasteiger partial charge is 0.370 e. The molecule has 0 aliphatic carbocycles. The average Bonchev–Trinajstić information content (AvgIpc) is 3.33. The van der Waals surface area contributed by atoms with Crippen molar-refractivity contribution in [2.24, 2.45) is 0 Å². The number of nitrogens with one attached hydrogen (secondary N) is 2. The summed E-state index contributed by atoms with van der Waals surface area (Å²) in [4.78, 5) is 20.1. The molecule has 1 saturated heterocycles. The molecule has 2 aromatic carbocycles. The third-order valence-electron chi connectivity index (χ3n) is 6.87. The number of para-hydroxylation sites is 2. The molecule has 2 N–H and O–H groups in total. The summed E-state index contributed by atoms with van der Waals surface area (Å²) >= 11 is 6.15. The molecule has 3 heterocycles. The lowest BCUT2D eigenvalue weighted by atomic mass is 10.0. The third-order valence-corrected chi connectivity index (χ3v) is 7.11. The van der Waals surface area contributed by atoms with Crippen molar-refractivity contribution >= 4 is 34.5 Å². The van der Waals surface area contributed by atoms with Crippen LogP contribution in [-0.4, -0.2) is 45.7 Å². The molecule has 1 atom stereocenters. The Bertz CT molecular complexity index is 1360. The van der Waals surface area contributed by atoms with E-state index in [2.05, 4.69) is 45.5 Å². The first-order valence-electron chi connectivity index (χ1n) is 12.5. The van der Waals surface area contributed by atoms with Crippen molar-refractivity contribution in [3.63, 3.8) is 0 Å². The predicted molar refractivity (Wildman–Crippen MR) is 146 cm³/mol. The number of halogens is 1. The number of anilines is 2. The number of amides is 1. The summed E-state index contributed by atoms with van der Waals surface area (Å²) < 4.78 is 1.63. The van der Waals surface area contributed by atoms with E-state index in [-0.39, 0.29) is 5.91 Å². The highest BCUT2D eigenvalue weighted by atomic mass is 35.5. The van der Waals surface area contributed by atoms with Gasteiger partial charge in [-0.3, -0.25) is 4.79 Å². The summed E-state index contributed by atoms with van der Waals surface area (Å²) in [7, 11) is 0. The molecular formula is C28H31ClN6O. The van der Waals surface area contributed by atoms with Crippen LogP contribution in [-0.2, 0) is 0 Å². The van der Waals surface area contributed by atoms with E-state index in [1.54, 1.807) is 23.1 Å². The van der Waals surface area contributed by atoms with Crippen LogP contribution in [0.1, 0.15) is 43.5 Å². The maximum absolute atomic E-state index is 13.2. The van der Waals surface area contributed by atoms with Gasteiger partial charge in [-0.2, -0.15) is 5.10 Å². The Kier molecular flexibility index (Phi) is 7.20. The number of hydrogen-bond acceptors (Lipinski definition) is 5. The summed E-state index contributed by atoms with van der Waals surface area (Å²) in [5.41, 5.74) is 4.75. The van der Waals surface area contributed by atoms with Crippen molar-refractivity contribution in [3.8, 4) is 11.1 Å². The predicted octanol–water partition coefficient (Wildman–Crippen LogP) is 5.66. The van der Waals surface area contributed by atoms with Crippen LogP contribution >= 0.6 is 11.6 Å². The van der Waals surface area contributed by atoms with Gasteiger partial charge in [-0.1, -0.05) is 42.8 Å². The Morgan fingerprint density at radius 3 is 2.72 bits per heavy atom. The topological polar surface area (TPSA) is 74.6 Å². The molecule has 0 saturated carbocycles. The van der Waals surface area contributed by atoms with Crippen LogP contribution in [0.4, 0.5) is 11.4 Å². The normalized spacial score (nSPS) is 15.2. The van der Waals surface area contributed by atoms with Crippen LogP contribution in [0.2, 0.25) is 5.02 Å². The van der Waals surface area contributed by atoms with Crippen molar-refractivity contribution in [1.82, 2.24) is 19.9 Å². The van der Waals surface area contributed by atoms with E-state index >= 15 is 0 Å². The van der Waals surface area contributed by atoms with Crippen LogP contribution in [0.15, 0.2) is 67.1 Å². The molecule has 1 aliphatic heterocycles. The molecule has 4 aromatic rings. The molecule has 0 spiro atoms. The van der Waals surface area contributed by atoms with Crippen LogP contribution in [0.25, 0.3) is 16.8 Å². The zero-order valence-corrected chi connectivity index (χ0v) is 21.4. The Hall–Kier alpha value is -3.42. The van der Waals surface area contributed by atoms with Crippen molar-refractivity contribution in [3.05, 3.63) is 77.7 Å². The van der Waals surface area contributed by atoms with E-state index < -0.39 is 0 Å². The van der Waals surface area contributed by atoms with Gasteiger partial charge in [0.05, 0.1) is 23.1 Å². The fourth-order valence-electron chi connectivity index (χ4n) is 4.71. The molecule has 8 heteroatoms. The molecule has 1 aliphatic rings. The number of nitrogens with zero attached hydrogens (tertiary/aromatic N) is 4. The SMILES string of the molecule is CCC(C)NC1CCN(c2ccccc2NC(=O)c2cnc3c(-c4cccc(Cl)c4)cnn3c2)CC1. The number of aromatic nitrogens is 3. The van der Waals surface area contributed by atoms with Gasteiger partial charge in [0, 0.05) is 48.2 Å². The summed E-state index contributed by atoms with van der Waals surface area (Å²) in [6.45, 7) is 6.36. The van der Waals surface area contributed by atoms with Crippen molar-refractivity contribution in [2.75, 3.05) is 23.3 Å². The average molecular weight is 503 g/mol. The van der Waals surface area contributed by atoms with E-state index in [4.69, 9.17) is 11.6 Å². The van der Waals surface area contributed by atoms with Gasteiger partial charge in [-0.25, -0.2) is 9.50 Å². The molecule has 36 heavy (non-hydrogen) atoms.